The van der Waals surface area contributed by atoms with Crippen LogP contribution in [0.25, 0.3) is 0 Å². The summed E-state index contributed by atoms with van der Waals surface area (Å²) in [6.45, 7) is 6.80. The molecule has 1 heterocycles. The second-order valence-corrected chi connectivity index (χ2v) is 6.01. The topological polar surface area (TPSA) is 70.1 Å². The third-order valence-corrected chi connectivity index (χ3v) is 3.12. The average molecular weight is 272 g/mol. The van der Waals surface area contributed by atoms with Crippen LogP contribution in [-0.2, 0) is 9.53 Å². The predicted molar refractivity (Wildman–Crippen MR) is 71.1 cm³/mol. The standard InChI is InChI=1S/C13H24N2O4/c1-13(2,3)19-12(18)15-7-5-10(6-8-15)14(4)9-11(16)17/h10H,5-9H2,1-4H3,(H,16,17). The van der Waals surface area contributed by atoms with Gasteiger partial charge in [0.05, 0.1) is 6.54 Å². The zero-order chi connectivity index (χ0) is 14.6. The van der Waals surface area contributed by atoms with Gasteiger partial charge in [0.15, 0.2) is 0 Å². The van der Waals surface area contributed by atoms with Crippen molar-refractivity contribution in [2.45, 2.75) is 45.3 Å². The molecular formula is C13H24N2O4. The van der Waals surface area contributed by atoms with Crippen LogP contribution in [0.15, 0.2) is 0 Å². The van der Waals surface area contributed by atoms with Crippen LogP contribution in [0.4, 0.5) is 4.79 Å². The van der Waals surface area contributed by atoms with Crippen molar-refractivity contribution in [3.8, 4) is 0 Å². The summed E-state index contributed by atoms with van der Waals surface area (Å²) >= 11 is 0. The molecule has 1 fully saturated rings. The van der Waals surface area contributed by atoms with Gasteiger partial charge in [0.25, 0.3) is 0 Å². The number of piperidine rings is 1. The fraction of sp³-hybridized carbons (Fsp3) is 0.846. The highest BCUT2D eigenvalue weighted by Gasteiger charge is 2.28. The van der Waals surface area contributed by atoms with E-state index in [1.54, 1.807) is 4.90 Å². The number of aliphatic carboxylic acids is 1. The van der Waals surface area contributed by atoms with Crippen molar-refractivity contribution in [2.75, 3.05) is 26.7 Å². The molecule has 1 saturated heterocycles. The lowest BCUT2D eigenvalue weighted by Crippen LogP contribution is -2.47. The van der Waals surface area contributed by atoms with Gasteiger partial charge in [0.1, 0.15) is 5.60 Å². The number of rotatable bonds is 3. The van der Waals surface area contributed by atoms with Crippen molar-refractivity contribution < 1.29 is 19.4 Å². The second-order valence-electron chi connectivity index (χ2n) is 6.01. The number of likely N-dealkylation sites (N-methyl/N-ethyl adjacent to an activating group) is 1. The third kappa shape index (κ3) is 5.46. The van der Waals surface area contributed by atoms with Crippen molar-refractivity contribution in [3.05, 3.63) is 0 Å². The van der Waals surface area contributed by atoms with Crippen molar-refractivity contribution in [3.63, 3.8) is 0 Å². The largest absolute Gasteiger partial charge is 0.480 e. The Bertz CT molecular complexity index is 330. The van der Waals surface area contributed by atoms with E-state index in [0.717, 1.165) is 12.8 Å². The SMILES string of the molecule is CN(CC(=O)O)C1CCN(C(=O)OC(C)(C)C)CC1. The van der Waals surface area contributed by atoms with Crippen LogP contribution in [-0.4, -0.2) is 65.3 Å². The van der Waals surface area contributed by atoms with E-state index in [0.29, 0.717) is 13.1 Å². The van der Waals surface area contributed by atoms with E-state index in [1.807, 2.05) is 32.7 Å². The van der Waals surface area contributed by atoms with Crippen LogP contribution in [0.5, 0.6) is 0 Å². The smallest absolute Gasteiger partial charge is 0.410 e. The molecule has 1 amide bonds. The van der Waals surface area contributed by atoms with Crippen LogP contribution >= 0.6 is 0 Å². The molecule has 1 rings (SSSR count). The number of carboxylic acids is 1. The molecule has 0 aromatic carbocycles. The highest BCUT2D eigenvalue weighted by molar-refractivity contribution is 5.69. The van der Waals surface area contributed by atoms with E-state index in [4.69, 9.17) is 9.84 Å². The molecule has 1 aliphatic rings. The van der Waals surface area contributed by atoms with Crippen LogP contribution in [0.3, 0.4) is 0 Å². The van der Waals surface area contributed by atoms with Gasteiger partial charge in [-0.15, -0.1) is 0 Å². The van der Waals surface area contributed by atoms with E-state index < -0.39 is 11.6 Å². The maximum Gasteiger partial charge on any atom is 0.410 e. The summed E-state index contributed by atoms with van der Waals surface area (Å²) < 4.78 is 5.32. The number of hydrogen-bond donors (Lipinski definition) is 1. The fourth-order valence-electron chi connectivity index (χ4n) is 2.16. The van der Waals surface area contributed by atoms with Gasteiger partial charge in [0, 0.05) is 19.1 Å². The Balaban J connectivity index is 2.40. The van der Waals surface area contributed by atoms with Crippen molar-refractivity contribution >= 4 is 12.1 Å². The highest BCUT2D eigenvalue weighted by atomic mass is 16.6. The van der Waals surface area contributed by atoms with E-state index >= 15 is 0 Å². The summed E-state index contributed by atoms with van der Waals surface area (Å²) in [6, 6.07) is 0.217. The first kappa shape index (κ1) is 15.8. The van der Waals surface area contributed by atoms with Crippen molar-refractivity contribution in [1.29, 1.82) is 0 Å². The number of likely N-dealkylation sites (tertiary alicyclic amines) is 1. The molecule has 6 heteroatoms. The van der Waals surface area contributed by atoms with E-state index in [1.165, 1.54) is 0 Å². The summed E-state index contributed by atoms with van der Waals surface area (Å²) in [5.41, 5.74) is -0.478. The third-order valence-electron chi connectivity index (χ3n) is 3.12. The number of ether oxygens (including phenoxy) is 1. The monoisotopic (exact) mass is 272 g/mol. The van der Waals surface area contributed by atoms with Crippen LogP contribution in [0.2, 0.25) is 0 Å². The van der Waals surface area contributed by atoms with E-state index in [9.17, 15) is 9.59 Å². The maximum atomic E-state index is 11.9. The van der Waals surface area contributed by atoms with Crippen LogP contribution < -0.4 is 0 Å². The summed E-state index contributed by atoms with van der Waals surface area (Å²) in [6.07, 6.45) is 1.28. The summed E-state index contributed by atoms with van der Waals surface area (Å²) in [7, 11) is 1.81. The lowest BCUT2D eigenvalue weighted by molar-refractivity contribution is -0.138. The molecule has 1 N–H and O–H groups in total. The number of carbonyl (C=O) groups is 2. The molecule has 0 spiro atoms. The molecule has 0 aliphatic carbocycles. The minimum Gasteiger partial charge on any atom is -0.480 e. The summed E-state index contributed by atoms with van der Waals surface area (Å²) in [5, 5.41) is 8.76. The first-order valence-electron chi connectivity index (χ1n) is 6.59. The van der Waals surface area contributed by atoms with Crippen molar-refractivity contribution in [1.82, 2.24) is 9.80 Å². The van der Waals surface area contributed by atoms with Gasteiger partial charge in [-0.2, -0.15) is 0 Å². The number of carboxylic acid groups (broad SMARTS) is 1. The predicted octanol–water partition coefficient (Wildman–Crippen LogP) is 1.40. The van der Waals surface area contributed by atoms with Crippen LogP contribution in [0, 0.1) is 0 Å². The van der Waals surface area contributed by atoms with Gasteiger partial charge >= 0.3 is 12.1 Å². The molecule has 0 saturated carbocycles. The lowest BCUT2D eigenvalue weighted by Gasteiger charge is -2.36. The van der Waals surface area contributed by atoms with Gasteiger partial charge in [-0.1, -0.05) is 0 Å². The number of amides is 1. The van der Waals surface area contributed by atoms with Crippen LogP contribution in [0.1, 0.15) is 33.6 Å². The minimum absolute atomic E-state index is 0.0388. The molecule has 1 aliphatic heterocycles. The molecule has 110 valence electrons. The molecular weight excluding hydrogens is 248 g/mol. The van der Waals surface area contributed by atoms with Gasteiger partial charge in [-0.05, 0) is 40.7 Å². The Labute approximate surface area is 114 Å². The molecule has 19 heavy (non-hydrogen) atoms. The Morgan fingerprint density at radius 3 is 2.26 bits per heavy atom. The molecule has 0 aromatic rings. The van der Waals surface area contributed by atoms with E-state index in [2.05, 4.69) is 0 Å². The zero-order valence-corrected chi connectivity index (χ0v) is 12.2. The molecule has 0 atom stereocenters. The summed E-state index contributed by atoms with van der Waals surface area (Å²) in [5.74, 6) is -0.822. The molecule has 0 radical (unpaired) electrons. The molecule has 6 nitrogen and oxygen atoms in total. The normalized spacial score (nSPS) is 17.6. The second kappa shape index (κ2) is 6.23. The fourth-order valence-corrected chi connectivity index (χ4v) is 2.16. The van der Waals surface area contributed by atoms with Crippen molar-refractivity contribution in [2.24, 2.45) is 0 Å². The first-order chi connectivity index (χ1) is 8.69. The zero-order valence-electron chi connectivity index (χ0n) is 12.2. The molecule has 0 aromatic heterocycles. The average Bonchev–Trinajstić information content (AvgIpc) is 2.26. The Morgan fingerprint density at radius 1 is 1.32 bits per heavy atom. The maximum absolute atomic E-state index is 11.9. The number of nitrogens with zero attached hydrogens (tertiary/aromatic N) is 2. The number of hydrogen-bond acceptors (Lipinski definition) is 4. The first-order valence-corrected chi connectivity index (χ1v) is 6.59. The summed E-state index contributed by atoms with van der Waals surface area (Å²) in [4.78, 5) is 26.0. The van der Waals surface area contributed by atoms with Gasteiger partial charge in [-0.3, -0.25) is 9.69 Å². The number of carbonyl (C=O) groups excluding carboxylic acids is 1. The van der Waals surface area contributed by atoms with Gasteiger partial charge in [-0.25, -0.2) is 4.79 Å². The highest BCUT2D eigenvalue weighted by Crippen LogP contribution is 2.18. The Kier molecular flexibility index (Phi) is 5.17. The quantitative estimate of drug-likeness (QED) is 0.841. The molecule has 0 unspecified atom stereocenters. The van der Waals surface area contributed by atoms with Gasteiger partial charge < -0.3 is 14.7 Å². The van der Waals surface area contributed by atoms with E-state index in [-0.39, 0.29) is 18.7 Å². The molecule has 0 bridgehead atoms. The van der Waals surface area contributed by atoms with Gasteiger partial charge in [0.2, 0.25) is 0 Å². The lowest BCUT2D eigenvalue weighted by atomic mass is 10.0. The Morgan fingerprint density at radius 2 is 1.84 bits per heavy atom. The minimum atomic E-state index is -0.822. The Hall–Kier alpha value is -1.30.